The lowest BCUT2D eigenvalue weighted by molar-refractivity contribution is 0.0711. The zero-order chi connectivity index (χ0) is 15.8. The highest BCUT2D eigenvalue weighted by atomic mass is 35.5. The molecule has 2 aromatic rings. The van der Waals surface area contributed by atoms with Crippen LogP contribution in [0, 0.1) is 0 Å². The van der Waals surface area contributed by atoms with Crippen LogP contribution in [0.1, 0.15) is 61.5 Å². The summed E-state index contributed by atoms with van der Waals surface area (Å²) >= 11 is 6.00. The smallest absolute Gasteiger partial charge is 0.270 e. The Morgan fingerprint density at radius 3 is 2.61 bits per heavy atom. The number of amides is 1. The largest absolute Gasteiger partial charge is 0.337 e. The average Bonchev–Trinajstić information content (AvgIpc) is 3.21. The Bertz CT molecular complexity index is 730. The zero-order valence-corrected chi connectivity index (χ0v) is 13.9. The lowest BCUT2D eigenvalue weighted by Crippen LogP contribution is -2.37. The summed E-state index contributed by atoms with van der Waals surface area (Å²) in [5.41, 5.74) is 1.56. The SMILES string of the molecule is O=C(c1cc2cnc(Cl)nc2n1C1CCCC1)N1CCCCC1. The van der Waals surface area contributed by atoms with Crippen molar-refractivity contribution in [3.8, 4) is 0 Å². The van der Waals surface area contributed by atoms with Crippen molar-refractivity contribution < 1.29 is 4.79 Å². The molecule has 1 aliphatic heterocycles. The van der Waals surface area contributed by atoms with Gasteiger partial charge in [-0.05, 0) is 49.8 Å². The van der Waals surface area contributed by atoms with Crippen LogP contribution in [0.15, 0.2) is 12.3 Å². The summed E-state index contributed by atoms with van der Waals surface area (Å²) in [6, 6.07) is 2.29. The van der Waals surface area contributed by atoms with E-state index in [0.717, 1.165) is 55.5 Å². The van der Waals surface area contributed by atoms with E-state index in [2.05, 4.69) is 14.5 Å². The molecule has 0 N–H and O–H groups in total. The van der Waals surface area contributed by atoms with E-state index in [1.807, 2.05) is 11.0 Å². The van der Waals surface area contributed by atoms with Crippen LogP contribution in [0.4, 0.5) is 0 Å². The van der Waals surface area contributed by atoms with Gasteiger partial charge < -0.3 is 9.47 Å². The third kappa shape index (κ3) is 2.71. The molecule has 1 aliphatic carbocycles. The fraction of sp³-hybridized carbons (Fsp3) is 0.588. The Balaban J connectivity index is 1.80. The second-order valence-corrected chi connectivity index (χ2v) is 6.95. The number of piperidine rings is 1. The van der Waals surface area contributed by atoms with E-state index in [0.29, 0.717) is 6.04 Å². The number of carbonyl (C=O) groups excluding carboxylic acids is 1. The molecule has 122 valence electrons. The number of fused-ring (bicyclic) bond motifs is 1. The van der Waals surface area contributed by atoms with Gasteiger partial charge in [0.1, 0.15) is 11.3 Å². The van der Waals surface area contributed by atoms with Gasteiger partial charge in [-0.3, -0.25) is 4.79 Å². The minimum atomic E-state index is 0.130. The minimum absolute atomic E-state index is 0.130. The highest BCUT2D eigenvalue weighted by Crippen LogP contribution is 2.35. The Morgan fingerprint density at radius 2 is 1.87 bits per heavy atom. The van der Waals surface area contributed by atoms with E-state index in [1.165, 1.54) is 19.3 Å². The molecular formula is C17H21ClN4O. The maximum Gasteiger partial charge on any atom is 0.270 e. The Kier molecular flexibility index (Phi) is 3.97. The van der Waals surface area contributed by atoms with E-state index in [4.69, 9.17) is 11.6 Å². The first-order chi connectivity index (χ1) is 11.2. The van der Waals surface area contributed by atoms with Crippen molar-refractivity contribution in [3.05, 3.63) is 23.2 Å². The highest BCUT2D eigenvalue weighted by molar-refractivity contribution is 6.28. The molecular weight excluding hydrogens is 312 g/mol. The summed E-state index contributed by atoms with van der Waals surface area (Å²) < 4.78 is 2.13. The number of rotatable bonds is 2. The minimum Gasteiger partial charge on any atom is -0.337 e. The van der Waals surface area contributed by atoms with Crippen molar-refractivity contribution in [3.63, 3.8) is 0 Å². The van der Waals surface area contributed by atoms with Gasteiger partial charge in [0.25, 0.3) is 5.91 Å². The fourth-order valence-electron chi connectivity index (χ4n) is 3.94. The van der Waals surface area contributed by atoms with Gasteiger partial charge in [0.2, 0.25) is 5.28 Å². The third-order valence-electron chi connectivity index (χ3n) is 5.10. The molecule has 2 aromatic heterocycles. The molecule has 1 saturated carbocycles. The predicted octanol–water partition coefficient (Wildman–Crippen LogP) is 3.83. The molecule has 0 aromatic carbocycles. The van der Waals surface area contributed by atoms with Gasteiger partial charge in [-0.15, -0.1) is 0 Å². The lowest BCUT2D eigenvalue weighted by atomic mass is 10.1. The fourth-order valence-corrected chi connectivity index (χ4v) is 4.07. The molecule has 2 fully saturated rings. The Hall–Kier alpha value is -1.62. The number of hydrogen-bond acceptors (Lipinski definition) is 3. The molecule has 1 amide bonds. The number of aromatic nitrogens is 3. The first kappa shape index (κ1) is 14.9. The molecule has 2 aliphatic rings. The summed E-state index contributed by atoms with van der Waals surface area (Å²) in [7, 11) is 0. The van der Waals surface area contributed by atoms with Crippen molar-refractivity contribution in [2.75, 3.05) is 13.1 Å². The maximum absolute atomic E-state index is 13.1. The van der Waals surface area contributed by atoms with Crippen molar-refractivity contribution >= 4 is 28.5 Å². The van der Waals surface area contributed by atoms with Crippen LogP contribution in [0.5, 0.6) is 0 Å². The summed E-state index contributed by atoms with van der Waals surface area (Å²) in [4.78, 5) is 23.5. The molecule has 3 heterocycles. The molecule has 0 atom stereocenters. The van der Waals surface area contributed by atoms with E-state index in [1.54, 1.807) is 6.20 Å². The van der Waals surface area contributed by atoms with Gasteiger partial charge in [-0.25, -0.2) is 4.98 Å². The molecule has 0 radical (unpaired) electrons. The van der Waals surface area contributed by atoms with Gasteiger partial charge in [0.15, 0.2) is 0 Å². The number of nitrogens with zero attached hydrogens (tertiary/aromatic N) is 4. The van der Waals surface area contributed by atoms with Gasteiger partial charge in [0.05, 0.1) is 0 Å². The molecule has 0 unspecified atom stereocenters. The number of likely N-dealkylation sites (tertiary alicyclic amines) is 1. The first-order valence-electron chi connectivity index (χ1n) is 8.57. The standard InChI is InChI=1S/C17H21ClN4O/c18-17-19-11-12-10-14(16(23)21-8-4-1-5-9-21)22(15(12)20-17)13-6-2-3-7-13/h10-11,13H,1-9H2. The molecule has 4 rings (SSSR count). The van der Waals surface area contributed by atoms with Crippen LogP contribution in [0.3, 0.4) is 0 Å². The average molecular weight is 333 g/mol. The quantitative estimate of drug-likeness (QED) is 0.785. The van der Waals surface area contributed by atoms with Crippen molar-refractivity contribution in [1.82, 2.24) is 19.4 Å². The maximum atomic E-state index is 13.1. The molecule has 1 saturated heterocycles. The first-order valence-corrected chi connectivity index (χ1v) is 8.94. The normalized spacial score (nSPS) is 19.6. The molecule has 0 spiro atoms. The van der Waals surface area contributed by atoms with Crippen LogP contribution in [0.25, 0.3) is 11.0 Å². The molecule has 23 heavy (non-hydrogen) atoms. The van der Waals surface area contributed by atoms with E-state index in [9.17, 15) is 4.79 Å². The number of carbonyl (C=O) groups is 1. The summed E-state index contributed by atoms with van der Waals surface area (Å²) in [6.07, 6.45) is 9.76. The summed E-state index contributed by atoms with van der Waals surface area (Å²) in [5, 5.41) is 1.15. The molecule has 5 nitrogen and oxygen atoms in total. The van der Waals surface area contributed by atoms with Gasteiger partial charge in [0, 0.05) is 30.7 Å². The van der Waals surface area contributed by atoms with Crippen LogP contribution >= 0.6 is 11.6 Å². The number of hydrogen-bond donors (Lipinski definition) is 0. The molecule has 6 heteroatoms. The van der Waals surface area contributed by atoms with E-state index < -0.39 is 0 Å². The second kappa shape index (κ2) is 6.11. The third-order valence-corrected chi connectivity index (χ3v) is 5.28. The topological polar surface area (TPSA) is 51.0 Å². The van der Waals surface area contributed by atoms with Crippen LogP contribution in [-0.4, -0.2) is 38.4 Å². The zero-order valence-electron chi connectivity index (χ0n) is 13.2. The van der Waals surface area contributed by atoms with E-state index in [-0.39, 0.29) is 11.2 Å². The van der Waals surface area contributed by atoms with Crippen LogP contribution < -0.4 is 0 Å². The van der Waals surface area contributed by atoms with Crippen LogP contribution in [-0.2, 0) is 0 Å². The van der Waals surface area contributed by atoms with E-state index >= 15 is 0 Å². The van der Waals surface area contributed by atoms with Gasteiger partial charge in [-0.1, -0.05) is 12.8 Å². The van der Waals surface area contributed by atoms with Crippen molar-refractivity contribution in [2.45, 2.75) is 51.0 Å². The highest BCUT2D eigenvalue weighted by Gasteiger charge is 2.28. The summed E-state index contributed by atoms with van der Waals surface area (Å²) in [6.45, 7) is 1.72. The monoisotopic (exact) mass is 332 g/mol. The Labute approximate surface area is 140 Å². The van der Waals surface area contributed by atoms with Crippen molar-refractivity contribution in [1.29, 1.82) is 0 Å². The van der Waals surface area contributed by atoms with Crippen molar-refractivity contribution in [2.24, 2.45) is 0 Å². The lowest BCUT2D eigenvalue weighted by Gasteiger charge is -2.28. The molecule has 0 bridgehead atoms. The Morgan fingerprint density at radius 1 is 1.13 bits per heavy atom. The predicted molar refractivity (Wildman–Crippen MR) is 89.8 cm³/mol. The summed E-state index contributed by atoms with van der Waals surface area (Å²) in [5.74, 6) is 0.130. The van der Waals surface area contributed by atoms with Gasteiger partial charge in [-0.2, -0.15) is 4.98 Å². The van der Waals surface area contributed by atoms with Crippen LogP contribution in [0.2, 0.25) is 5.28 Å². The van der Waals surface area contributed by atoms with Gasteiger partial charge >= 0.3 is 0 Å². The number of halogens is 1. The second-order valence-electron chi connectivity index (χ2n) is 6.61.